The van der Waals surface area contributed by atoms with Crippen LogP contribution in [0.4, 0.5) is 0 Å². The standard InChI is InChI=1S/C13H21NO2/c1-3-4-5-8-12(15)14(2)11-13(16)9-6-7-10-13/h3-5,8,16H,6-7,9-11H2,1-2H3. The Kier molecular flexibility index (Phi) is 4.74. The molecule has 0 radical (unpaired) electrons. The van der Waals surface area contributed by atoms with E-state index in [9.17, 15) is 9.90 Å². The number of likely N-dealkylation sites (N-methyl/N-ethyl adjacent to an activating group) is 1. The van der Waals surface area contributed by atoms with E-state index in [1.807, 2.05) is 19.1 Å². The second-order valence-corrected chi connectivity index (χ2v) is 4.51. The highest BCUT2D eigenvalue weighted by molar-refractivity contribution is 5.87. The van der Waals surface area contributed by atoms with Crippen molar-refractivity contribution in [3.8, 4) is 0 Å². The number of rotatable bonds is 4. The van der Waals surface area contributed by atoms with E-state index < -0.39 is 5.60 Å². The predicted octanol–water partition coefficient (Wildman–Crippen LogP) is 1.88. The van der Waals surface area contributed by atoms with Gasteiger partial charge in [-0.2, -0.15) is 0 Å². The smallest absolute Gasteiger partial charge is 0.246 e. The van der Waals surface area contributed by atoms with Crippen LogP contribution in [0.25, 0.3) is 0 Å². The lowest BCUT2D eigenvalue weighted by atomic mass is 10.0. The van der Waals surface area contributed by atoms with Gasteiger partial charge in [0.25, 0.3) is 0 Å². The van der Waals surface area contributed by atoms with Crippen LogP contribution < -0.4 is 0 Å². The summed E-state index contributed by atoms with van der Waals surface area (Å²) < 4.78 is 0. The second-order valence-electron chi connectivity index (χ2n) is 4.51. The summed E-state index contributed by atoms with van der Waals surface area (Å²) in [7, 11) is 1.73. The number of nitrogens with zero attached hydrogens (tertiary/aromatic N) is 1. The van der Waals surface area contributed by atoms with Gasteiger partial charge in [0.1, 0.15) is 0 Å². The lowest BCUT2D eigenvalue weighted by molar-refractivity contribution is -0.128. The number of amides is 1. The first-order valence-electron chi connectivity index (χ1n) is 5.84. The van der Waals surface area contributed by atoms with E-state index in [1.54, 1.807) is 18.0 Å². The van der Waals surface area contributed by atoms with Crippen molar-refractivity contribution in [2.75, 3.05) is 13.6 Å². The zero-order chi connectivity index (χ0) is 12.0. The van der Waals surface area contributed by atoms with Gasteiger partial charge in [-0.05, 0) is 19.8 Å². The molecular formula is C13H21NO2. The highest BCUT2D eigenvalue weighted by Gasteiger charge is 2.32. The monoisotopic (exact) mass is 223 g/mol. The number of allylic oxidation sites excluding steroid dienone is 3. The van der Waals surface area contributed by atoms with Gasteiger partial charge >= 0.3 is 0 Å². The van der Waals surface area contributed by atoms with E-state index in [2.05, 4.69) is 0 Å². The summed E-state index contributed by atoms with van der Waals surface area (Å²) >= 11 is 0. The molecule has 1 aliphatic carbocycles. The quantitative estimate of drug-likeness (QED) is 0.584. The third-order valence-corrected chi connectivity index (χ3v) is 2.98. The summed E-state index contributed by atoms with van der Waals surface area (Å²) in [5, 5.41) is 10.2. The maximum absolute atomic E-state index is 11.6. The van der Waals surface area contributed by atoms with Gasteiger partial charge in [-0.15, -0.1) is 0 Å². The van der Waals surface area contributed by atoms with Crippen LogP contribution in [0.5, 0.6) is 0 Å². The van der Waals surface area contributed by atoms with Gasteiger partial charge in [0, 0.05) is 19.7 Å². The first-order valence-corrected chi connectivity index (χ1v) is 5.84. The van der Waals surface area contributed by atoms with Gasteiger partial charge in [-0.1, -0.05) is 31.1 Å². The van der Waals surface area contributed by atoms with Crippen molar-refractivity contribution in [3.63, 3.8) is 0 Å². The highest BCUT2D eigenvalue weighted by atomic mass is 16.3. The Morgan fingerprint density at radius 2 is 2.00 bits per heavy atom. The number of aliphatic hydroxyl groups is 1. The summed E-state index contributed by atoms with van der Waals surface area (Å²) in [6, 6.07) is 0. The van der Waals surface area contributed by atoms with Crippen LogP contribution in [-0.4, -0.2) is 35.1 Å². The van der Waals surface area contributed by atoms with E-state index >= 15 is 0 Å². The number of hydrogen-bond donors (Lipinski definition) is 1. The minimum atomic E-state index is -0.654. The maximum Gasteiger partial charge on any atom is 0.246 e. The Balaban J connectivity index is 2.45. The Bertz CT molecular complexity index is 288. The molecule has 16 heavy (non-hydrogen) atoms. The van der Waals surface area contributed by atoms with Crippen LogP contribution in [0.15, 0.2) is 24.3 Å². The van der Waals surface area contributed by atoms with Crippen LogP contribution in [0.1, 0.15) is 32.6 Å². The van der Waals surface area contributed by atoms with E-state index in [1.165, 1.54) is 6.08 Å². The topological polar surface area (TPSA) is 40.5 Å². The van der Waals surface area contributed by atoms with Crippen molar-refractivity contribution in [3.05, 3.63) is 24.3 Å². The molecule has 0 unspecified atom stereocenters. The van der Waals surface area contributed by atoms with Crippen molar-refractivity contribution < 1.29 is 9.90 Å². The molecule has 1 rings (SSSR count). The summed E-state index contributed by atoms with van der Waals surface area (Å²) in [6.45, 7) is 2.34. The average Bonchev–Trinajstić information content (AvgIpc) is 2.65. The highest BCUT2D eigenvalue weighted by Crippen LogP contribution is 2.29. The van der Waals surface area contributed by atoms with Crippen molar-refractivity contribution in [1.29, 1.82) is 0 Å². The van der Waals surface area contributed by atoms with Crippen LogP contribution in [0, 0.1) is 0 Å². The Labute approximate surface area is 97.4 Å². The molecule has 1 fully saturated rings. The molecule has 0 aromatic rings. The molecule has 3 nitrogen and oxygen atoms in total. The molecule has 0 bridgehead atoms. The number of hydrogen-bond acceptors (Lipinski definition) is 2. The zero-order valence-electron chi connectivity index (χ0n) is 10.1. The van der Waals surface area contributed by atoms with E-state index in [0.717, 1.165) is 25.7 Å². The van der Waals surface area contributed by atoms with Gasteiger partial charge in [0.2, 0.25) is 5.91 Å². The fourth-order valence-corrected chi connectivity index (χ4v) is 2.09. The van der Waals surface area contributed by atoms with Gasteiger partial charge in [0.15, 0.2) is 0 Å². The molecule has 1 aliphatic rings. The fraction of sp³-hybridized carbons (Fsp3) is 0.615. The molecule has 90 valence electrons. The molecule has 1 N–H and O–H groups in total. The number of carbonyl (C=O) groups is 1. The van der Waals surface area contributed by atoms with Crippen molar-refractivity contribution in [2.24, 2.45) is 0 Å². The normalized spacial score (nSPS) is 19.7. The predicted molar refractivity (Wildman–Crippen MR) is 65.0 cm³/mol. The lowest BCUT2D eigenvalue weighted by Gasteiger charge is -2.27. The molecule has 0 aromatic heterocycles. The van der Waals surface area contributed by atoms with Gasteiger partial charge in [0.05, 0.1) is 5.60 Å². The Hall–Kier alpha value is -1.09. The Morgan fingerprint density at radius 1 is 1.38 bits per heavy atom. The summed E-state index contributed by atoms with van der Waals surface area (Å²) in [5.74, 6) is -0.0570. The van der Waals surface area contributed by atoms with Crippen LogP contribution in [-0.2, 0) is 4.79 Å². The summed E-state index contributed by atoms with van der Waals surface area (Å²) in [4.78, 5) is 13.2. The molecule has 1 amide bonds. The molecule has 0 aromatic carbocycles. The zero-order valence-corrected chi connectivity index (χ0v) is 10.1. The second kappa shape index (κ2) is 5.85. The molecular weight excluding hydrogens is 202 g/mol. The minimum Gasteiger partial charge on any atom is -0.388 e. The SMILES string of the molecule is CC=CC=CC(=O)N(C)CC1(O)CCCC1. The third-order valence-electron chi connectivity index (χ3n) is 2.98. The van der Waals surface area contributed by atoms with Crippen molar-refractivity contribution >= 4 is 5.91 Å². The average molecular weight is 223 g/mol. The van der Waals surface area contributed by atoms with Crippen molar-refractivity contribution in [1.82, 2.24) is 4.90 Å². The van der Waals surface area contributed by atoms with Gasteiger partial charge in [-0.3, -0.25) is 4.79 Å². The first kappa shape index (κ1) is 13.0. The Morgan fingerprint density at radius 3 is 2.56 bits per heavy atom. The molecule has 0 spiro atoms. The van der Waals surface area contributed by atoms with E-state index in [4.69, 9.17) is 0 Å². The molecule has 1 saturated carbocycles. The van der Waals surface area contributed by atoms with E-state index in [-0.39, 0.29) is 5.91 Å². The van der Waals surface area contributed by atoms with Crippen LogP contribution in [0.2, 0.25) is 0 Å². The largest absolute Gasteiger partial charge is 0.388 e. The number of carbonyl (C=O) groups excluding carboxylic acids is 1. The minimum absolute atomic E-state index is 0.0570. The molecule has 0 heterocycles. The fourth-order valence-electron chi connectivity index (χ4n) is 2.09. The molecule has 0 saturated heterocycles. The molecule has 0 atom stereocenters. The molecule has 3 heteroatoms. The van der Waals surface area contributed by atoms with E-state index in [0.29, 0.717) is 6.54 Å². The lowest BCUT2D eigenvalue weighted by Crippen LogP contribution is -2.41. The molecule has 0 aliphatic heterocycles. The maximum atomic E-state index is 11.6. The summed E-state index contributed by atoms with van der Waals surface area (Å²) in [5.41, 5.74) is -0.654. The van der Waals surface area contributed by atoms with Crippen molar-refractivity contribution in [2.45, 2.75) is 38.2 Å². The van der Waals surface area contributed by atoms with Crippen LogP contribution in [0.3, 0.4) is 0 Å². The van der Waals surface area contributed by atoms with Gasteiger partial charge < -0.3 is 10.0 Å². The summed E-state index contributed by atoms with van der Waals surface area (Å²) in [6.07, 6.45) is 10.7. The third kappa shape index (κ3) is 3.81. The van der Waals surface area contributed by atoms with Crippen LogP contribution >= 0.6 is 0 Å². The first-order chi connectivity index (χ1) is 7.57. The van der Waals surface area contributed by atoms with Gasteiger partial charge in [-0.25, -0.2) is 0 Å².